The maximum absolute atomic E-state index is 12.8. The molecule has 2 aliphatic heterocycles. The molecule has 2 aromatic rings. The van der Waals surface area contributed by atoms with Crippen LogP contribution in [0.4, 0.5) is 0 Å². The normalized spacial score (nSPS) is 23.3. The lowest BCUT2D eigenvalue weighted by Gasteiger charge is -2.36. The molecule has 0 radical (unpaired) electrons. The van der Waals surface area contributed by atoms with E-state index in [1.54, 1.807) is 0 Å². The van der Waals surface area contributed by atoms with Gasteiger partial charge in [0.15, 0.2) is 11.5 Å². The van der Waals surface area contributed by atoms with E-state index in [9.17, 15) is 4.79 Å². The van der Waals surface area contributed by atoms with Gasteiger partial charge in [-0.05, 0) is 26.2 Å². The maximum Gasteiger partial charge on any atom is 0.255 e. The van der Waals surface area contributed by atoms with Crippen molar-refractivity contribution in [1.82, 2.24) is 29.3 Å². The summed E-state index contributed by atoms with van der Waals surface area (Å²) in [6, 6.07) is 3.88. The van der Waals surface area contributed by atoms with Crippen LogP contribution in [0.1, 0.15) is 22.2 Å². The van der Waals surface area contributed by atoms with Crippen molar-refractivity contribution in [1.29, 1.82) is 0 Å². The summed E-state index contributed by atoms with van der Waals surface area (Å²) in [5.41, 5.74) is 1.44. The van der Waals surface area contributed by atoms with Crippen LogP contribution in [0, 0.1) is 0 Å². The van der Waals surface area contributed by atoms with Gasteiger partial charge >= 0.3 is 0 Å². The minimum Gasteiger partial charge on any atom is -0.378 e. The first-order chi connectivity index (χ1) is 12.1. The van der Waals surface area contributed by atoms with E-state index >= 15 is 0 Å². The lowest BCUT2D eigenvalue weighted by molar-refractivity contribution is 0.0302. The first-order valence-electron chi connectivity index (χ1n) is 8.74. The van der Waals surface area contributed by atoms with E-state index in [-0.39, 0.29) is 11.9 Å². The van der Waals surface area contributed by atoms with Crippen LogP contribution in [0.3, 0.4) is 0 Å². The number of hydrogen-bond donors (Lipinski definition) is 0. The lowest BCUT2D eigenvalue weighted by atomic mass is 10.1. The fourth-order valence-corrected chi connectivity index (χ4v) is 3.50. The predicted molar refractivity (Wildman–Crippen MR) is 92.6 cm³/mol. The summed E-state index contributed by atoms with van der Waals surface area (Å²) in [6.45, 7) is 5.42. The second-order valence-corrected chi connectivity index (χ2v) is 6.87. The predicted octanol–water partition coefficient (Wildman–Crippen LogP) is 0.120. The number of hydrogen-bond acceptors (Lipinski definition) is 6. The second-order valence-electron chi connectivity index (χ2n) is 6.87. The third-order valence-corrected chi connectivity index (χ3v) is 5.12. The van der Waals surface area contributed by atoms with E-state index in [1.165, 1.54) is 0 Å². The highest BCUT2D eigenvalue weighted by Crippen LogP contribution is 2.23. The number of amides is 1. The second kappa shape index (κ2) is 6.70. The standard InChI is InChI=1S/C17H24N6O2/c1-20-5-6-21(2)14(12-20)16-19-18-15-4-3-13(11-23(15)16)17(24)22-7-9-25-10-8-22/h3-4,11,14H,5-10,12H2,1-2H3. The Bertz CT molecular complexity index is 770. The summed E-state index contributed by atoms with van der Waals surface area (Å²) in [6.07, 6.45) is 1.88. The topological polar surface area (TPSA) is 66.2 Å². The number of pyridine rings is 1. The van der Waals surface area contributed by atoms with Gasteiger partial charge in [-0.15, -0.1) is 10.2 Å². The summed E-state index contributed by atoms with van der Waals surface area (Å²) in [5, 5.41) is 8.71. The number of rotatable bonds is 2. The third-order valence-electron chi connectivity index (χ3n) is 5.12. The van der Waals surface area contributed by atoms with Crippen LogP contribution in [0.25, 0.3) is 5.65 Å². The molecule has 0 aliphatic carbocycles. The van der Waals surface area contributed by atoms with Gasteiger partial charge in [-0.1, -0.05) is 0 Å². The van der Waals surface area contributed by atoms with E-state index in [2.05, 4.69) is 34.1 Å². The van der Waals surface area contributed by atoms with Crippen molar-refractivity contribution in [3.63, 3.8) is 0 Å². The molecule has 0 N–H and O–H groups in total. The molecule has 8 nitrogen and oxygen atoms in total. The molecular formula is C17H24N6O2. The molecule has 8 heteroatoms. The number of fused-ring (bicyclic) bond motifs is 1. The molecule has 0 aromatic carbocycles. The SMILES string of the molecule is CN1CCN(C)C(c2nnc3ccc(C(=O)N4CCOCC4)cn23)C1. The maximum atomic E-state index is 12.8. The minimum absolute atomic E-state index is 0.0407. The van der Waals surface area contributed by atoms with Crippen LogP contribution in [-0.4, -0.2) is 95.2 Å². The lowest BCUT2D eigenvalue weighted by Crippen LogP contribution is -2.45. The van der Waals surface area contributed by atoms with Crippen LogP contribution in [0.15, 0.2) is 18.3 Å². The number of ether oxygens (including phenoxy) is 1. The van der Waals surface area contributed by atoms with Crippen molar-refractivity contribution in [3.8, 4) is 0 Å². The molecule has 1 unspecified atom stereocenters. The Morgan fingerprint density at radius 3 is 2.72 bits per heavy atom. The largest absolute Gasteiger partial charge is 0.378 e. The van der Waals surface area contributed by atoms with Crippen molar-refractivity contribution in [3.05, 3.63) is 29.7 Å². The molecule has 0 saturated carbocycles. The molecule has 0 bridgehead atoms. The van der Waals surface area contributed by atoms with Gasteiger partial charge < -0.3 is 14.5 Å². The number of likely N-dealkylation sites (N-methyl/N-ethyl adjacent to an activating group) is 2. The Morgan fingerprint density at radius 2 is 1.92 bits per heavy atom. The van der Waals surface area contributed by atoms with Gasteiger partial charge in [0.25, 0.3) is 5.91 Å². The highest BCUT2D eigenvalue weighted by Gasteiger charge is 2.28. The summed E-state index contributed by atoms with van der Waals surface area (Å²) in [4.78, 5) is 19.2. The number of morpholine rings is 1. The van der Waals surface area contributed by atoms with Crippen LogP contribution in [0.5, 0.6) is 0 Å². The molecule has 2 aliphatic rings. The Balaban J connectivity index is 1.66. The summed E-state index contributed by atoms with van der Waals surface area (Å²) in [7, 11) is 4.23. The van der Waals surface area contributed by atoms with Gasteiger partial charge in [-0.25, -0.2) is 0 Å². The van der Waals surface area contributed by atoms with Gasteiger partial charge in [-0.2, -0.15) is 0 Å². The van der Waals surface area contributed by atoms with E-state index < -0.39 is 0 Å². The van der Waals surface area contributed by atoms with Crippen molar-refractivity contribution in [2.24, 2.45) is 0 Å². The molecule has 0 spiro atoms. The van der Waals surface area contributed by atoms with E-state index in [0.29, 0.717) is 31.9 Å². The molecule has 134 valence electrons. The Kier molecular flexibility index (Phi) is 4.41. The Morgan fingerprint density at radius 1 is 1.12 bits per heavy atom. The van der Waals surface area contributed by atoms with Gasteiger partial charge in [0.2, 0.25) is 0 Å². The van der Waals surface area contributed by atoms with Gasteiger partial charge in [0.05, 0.1) is 24.8 Å². The number of nitrogens with zero attached hydrogens (tertiary/aromatic N) is 6. The number of piperazine rings is 1. The average Bonchev–Trinajstić information content (AvgIpc) is 3.07. The van der Waals surface area contributed by atoms with Gasteiger partial charge in [-0.3, -0.25) is 14.1 Å². The zero-order valence-electron chi connectivity index (χ0n) is 14.8. The Labute approximate surface area is 147 Å². The molecular weight excluding hydrogens is 320 g/mol. The van der Waals surface area contributed by atoms with E-state index in [0.717, 1.165) is 31.1 Å². The van der Waals surface area contributed by atoms with Gasteiger partial charge in [0, 0.05) is 38.9 Å². The van der Waals surface area contributed by atoms with Crippen LogP contribution >= 0.6 is 0 Å². The number of carbonyl (C=O) groups excluding carboxylic acids is 1. The highest BCUT2D eigenvalue weighted by atomic mass is 16.5. The van der Waals surface area contributed by atoms with Crippen LogP contribution in [-0.2, 0) is 4.74 Å². The van der Waals surface area contributed by atoms with Gasteiger partial charge in [0.1, 0.15) is 0 Å². The highest BCUT2D eigenvalue weighted by molar-refractivity contribution is 5.94. The molecule has 2 saturated heterocycles. The molecule has 4 heterocycles. The first kappa shape index (κ1) is 16.4. The molecule has 4 rings (SSSR count). The molecule has 1 atom stereocenters. The number of aromatic nitrogens is 3. The van der Waals surface area contributed by atoms with E-state index in [1.807, 2.05) is 27.6 Å². The zero-order valence-corrected chi connectivity index (χ0v) is 14.8. The summed E-state index contributed by atoms with van der Waals surface area (Å²) in [5.74, 6) is 0.930. The monoisotopic (exact) mass is 344 g/mol. The first-order valence-corrected chi connectivity index (χ1v) is 8.74. The van der Waals surface area contributed by atoms with Crippen molar-refractivity contribution in [2.75, 3.05) is 60.0 Å². The Hall–Kier alpha value is -2.03. The summed E-state index contributed by atoms with van der Waals surface area (Å²) < 4.78 is 7.30. The smallest absolute Gasteiger partial charge is 0.255 e. The number of carbonyl (C=O) groups is 1. The van der Waals surface area contributed by atoms with Crippen molar-refractivity contribution < 1.29 is 9.53 Å². The average molecular weight is 344 g/mol. The minimum atomic E-state index is 0.0407. The molecule has 1 amide bonds. The molecule has 25 heavy (non-hydrogen) atoms. The molecule has 2 aromatic heterocycles. The zero-order chi connectivity index (χ0) is 17.4. The van der Waals surface area contributed by atoms with Crippen LogP contribution in [0.2, 0.25) is 0 Å². The molecule has 2 fully saturated rings. The summed E-state index contributed by atoms with van der Waals surface area (Å²) >= 11 is 0. The van der Waals surface area contributed by atoms with Crippen LogP contribution < -0.4 is 0 Å². The fourth-order valence-electron chi connectivity index (χ4n) is 3.50. The third kappa shape index (κ3) is 3.12. The van der Waals surface area contributed by atoms with E-state index in [4.69, 9.17) is 4.74 Å². The quantitative estimate of drug-likeness (QED) is 0.771. The van der Waals surface area contributed by atoms with Crippen molar-refractivity contribution in [2.45, 2.75) is 6.04 Å². The fraction of sp³-hybridized carbons (Fsp3) is 0.588. The van der Waals surface area contributed by atoms with Crippen molar-refractivity contribution >= 4 is 11.6 Å².